The van der Waals surface area contributed by atoms with Crippen molar-refractivity contribution >= 4 is 11.7 Å². The van der Waals surface area contributed by atoms with Gasteiger partial charge in [0.1, 0.15) is 12.3 Å². The number of carbonyl (C=O) groups is 1. The van der Waals surface area contributed by atoms with Crippen molar-refractivity contribution in [2.75, 3.05) is 5.73 Å². The predicted molar refractivity (Wildman–Crippen MR) is 71.9 cm³/mol. The van der Waals surface area contributed by atoms with Crippen molar-refractivity contribution in [1.82, 2.24) is 14.8 Å². The summed E-state index contributed by atoms with van der Waals surface area (Å²) < 4.78 is 6.19. The van der Waals surface area contributed by atoms with E-state index < -0.39 is 11.5 Å². The number of hydrogen-bond donors (Lipinski definition) is 1. The average molecular weight is 274 g/mol. The van der Waals surface area contributed by atoms with Gasteiger partial charge in [0.25, 0.3) is 5.56 Å². The quantitative estimate of drug-likeness (QED) is 0.819. The van der Waals surface area contributed by atoms with Crippen LogP contribution in [-0.4, -0.2) is 20.7 Å². The lowest BCUT2D eigenvalue weighted by molar-refractivity contribution is 0.0457. The molecule has 0 atom stereocenters. The molecule has 0 bridgehead atoms. The molecule has 0 fully saturated rings. The van der Waals surface area contributed by atoms with Gasteiger partial charge in [-0.05, 0) is 19.1 Å². The normalized spacial score (nSPS) is 10.2. The Hall–Kier alpha value is -2.70. The van der Waals surface area contributed by atoms with E-state index in [0.717, 1.165) is 4.68 Å². The van der Waals surface area contributed by atoms with Crippen LogP contribution in [0.5, 0.6) is 0 Å². The van der Waals surface area contributed by atoms with Crippen LogP contribution in [0, 0.1) is 0 Å². The van der Waals surface area contributed by atoms with Crippen LogP contribution in [0.15, 0.2) is 35.3 Å². The maximum absolute atomic E-state index is 11.9. The molecule has 104 valence electrons. The number of anilines is 1. The van der Waals surface area contributed by atoms with Gasteiger partial charge in [0.2, 0.25) is 0 Å². The van der Waals surface area contributed by atoms with Crippen molar-refractivity contribution in [2.24, 2.45) is 0 Å². The van der Waals surface area contributed by atoms with E-state index in [-0.39, 0.29) is 18.0 Å². The number of nitrogens with zero attached hydrogens (tertiary/aromatic N) is 3. The Morgan fingerprint density at radius 2 is 2.25 bits per heavy atom. The molecule has 2 rings (SSSR count). The minimum absolute atomic E-state index is 0.000110. The monoisotopic (exact) mass is 274 g/mol. The molecule has 0 unspecified atom stereocenters. The molecule has 0 aliphatic heterocycles. The highest BCUT2D eigenvalue weighted by Gasteiger charge is 2.13. The van der Waals surface area contributed by atoms with Gasteiger partial charge in [0.15, 0.2) is 5.69 Å². The largest absolute Gasteiger partial charge is 0.454 e. The first-order valence-electron chi connectivity index (χ1n) is 6.06. The molecule has 0 radical (unpaired) electrons. The van der Waals surface area contributed by atoms with Gasteiger partial charge < -0.3 is 10.5 Å². The van der Waals surface area contributed by atoms with Crippen molar-refractivity contribution < 1.29 is 9.53 Å². The summed E-state index contributed by atoms with van der Waals surface area (Å²) in [6, 6.07) is 6.52. The number of carbonyl (C=O) groups excluding carboxylic acids is 1. The van der Waals surface area contributed by atoms with Crippen LogP contribution >= 0.6 is 0 Å². The summed E-state index contributed by atoms with van der Waals surface area (Å²) in [5.74, 6) is -0.649. The number of ether oxygens (including phenoxy) is 1. The standard InChI is InChI=1S/C13H14N4O3/c1-2-17-12(18)10(14)7-11(16-17)13(19)20-8-9-5-3-4-6-15-9/h3-7H,2,8,14H2,1H3. The molecule has 2 N–H and O–H groups in total. The molecule has 7 nitrogen and oxygen atoms in total. The molecular formula is C13H14N4O3. The van der Waals surface area contributed by atoms with Gasteiger partial charge >= 0.3 is 5.97 Å². The zero-order valence-corrected chi connectivity index (χ0v) is 10.9. The fraction of sp³-hybridized carbons (Fsp3) is 0.231. The number of hydrogen-bond acceptors (Lipinski definition) is 6. The molecule has 0 amide bonds. The minimum atomic E-state index is -0.649. The van der Waals surface area contributed by atoms with E-state index in [9.17, 15) is 9.59 Å². The molecule has 7 heteroatoms. The fourth-order valence-electron chi connectivity index (χ4n) is 1.57. The Labute approximate surface area is 115 Å². The zero-order valence-electron chi connectivity index (χ0n) is 10.9. The number of aromatic nitrogens is 3. The highest BCUT2D eigenvalue weighted by molar-refractivity contribution is 5.87. The second kappa shape index (κ2) is 5.96. The van der Waals surface area contributed by atoms with Gasteiger partial charge in [-0.25, -0.2) is 9.48 Å². The first-order valence-corrected chi connectivity index (χ1v) is 6.06. The highest BCUT2D eigenvalue weighted by Crippen LogP contribution is 2.03. The summed E-state index contributed by atoms with van der Waals surface area (Å²) in [6.07, 6.45) is 1.61. The topological polar surface area (TPSA) is 100 Å². The molecule has 0 saturated heterocycles. The van der Waals surface area contributed by atoms with E-state index in [4.69, 9.17) is 10.5 Å². The summed E-state index contributed by atoms with van der Waals surface area (Å²) in [7, 11) is 0. The minimum Gasteiger partial charge on any atom is -0.454 e. The average Bonchev–Trinajstić information content (AvgIpc) is 2.48. The van der Waals surface area contributed by atoms with Gasteiger partial charge in [-0.3, -0.25) is 9.78 Å². The van der Waals surface area contributed by atoms with Crippen LogP contribution < -0.4 is 11.3 Å². The van der Waals surface area contributed by atoms with E-state index in [2.05, 4.69) is 10.1 Å². The number of aryl methyl sites for hydroxylation is 1. The first-order chi connectivity index (χ1) is 9.61. The maximum atomic E-state index is 11.9. The predicted octanol–water partition coefficient (Wildman–Crippen LogP) is 0.597. The van der Waals surface area contributed by atoms with E-state index in [1.54, 1.807) is 31.3 Å². The molecule has 0 spiro atoms. The summed E-state index contributed by atoms with van der Waals surface area (Å²) in [4.78, 5) is 27.5. The van der Waals surface area contributed by atoms with Crippen molar-refractivity contribution in [3.63, 3.8) is 0 Å². The van der Waals surface area contributed by atoms with Crippen LogP contribution in [0.2, 0.25) is 0 Å². The summed E-state index contributed by atoms with van der Waals surface area (Å²) in [5.41, 5.74) is 5.71. The molecule has 0 saturated carbocycles. The SMILES string of the molecule is CCn1nc(C(=O)OCc2ccccn2)cc(N)c1=O. The lowest BCUT2D eigenvalue weighted by atomic mass is 10.3. The molecular weight excluding hydrogens is 260 g/mol. The van der Waals surface area contributed by atoms with Crippen LogP contribution in [0.4, 0.5) is 5.69 Å². The summed E-state index contributed by atoms with van der Waals surface area (Å²) >= 11 is 0. The second-order valence-corrected chi connectivity index (χ2v) is 4.00. The molecule has 0 aliphatic carbocycles. The van der Waals surface area contributed by atoms with Crippen LogP contribution in [0.1, 0.15) is 23.1 Å². The summed E-state index contributed by atoms with van der Waals surface area (Å²) in [5, 5.41) is 3.89. The Bertz CT molecular complexity index is 667. The van der Waals surface area contributed by atoms with E-state index in [1.165, 1.54) is 6.07 Å². The van der Waals surface area contributed by atoms with Crippen LogP contribution in [0.25, 0.3) is 0 Å². The third kappa shape index (κ3) is 3.00. The maximum Gasteiger partial charge on any atom is 0.359 e. The van der Waals surface area contributed by atoms with Crippen molar-refractivity contribution in [3.05, 3.63) is 52.2 Å². The molecule has 2 aromatic rings. The zero-order chi connectivity index (χ0) is 14.5. The Morgan fingerprint density at radius 3 is 2.90 bits per heavy atom. The van der Waals surface area contributed by atoms with E-state index in [1.807, 2.05) is 0 Å². The van der Waals surface area contributed by atoms with Gasteiger partial charge in [0.05, 0.1) is 5.69 Å². The van der Waals surface area contributed by atoms with Crippen molar-refractivity contribution in [2.45, 2.75) is 20.1 Å². The number of esters is 1. The van der Waals surface area contributed by atoms with Crippen molar-refractivity contribution in [3.8, 4) is 0 Å². The number of nitrogen functional groups attached to an aromatic ring is 1. The molecule has 0 aromatic carbocycles. The van der Waals surface area contributed by atoms with Gasteiger partial charge in [0, 0.05) is 18.8 Å². The fourth-order valence-corrected chi connectivity index (χ4v) is 1.57. The molecule has 2 aromatic heterocycles. The highest BCUT2D eigenvalue weighted by atomic mass is 16.5. The van der Waals surface area contributed by atoms with Gasteiger partial charge in [-0.2, -0.15) is 5.10 Å². The van der Waals surface area contributed by atoms with Gasteiger partial charge in [-0.1, -0.05) is 6.07 Å². The van der Waals surface area contributed by atoms with Gasteiger partial charge in [-0.15, -0.1) is 0 Å². The van der Waals surface area contributed by atoms with Crippen LogP contribution in [0.3, 0.4) is 0 Å². The first kappa shape index (κ1) is 13.7. The summed E-state index contributed by atoms with van der Waals surface area (Å²) in [6.45, 7) is 2.09. The molecule has 0 aliphatic rings. The third-order valence-electron chi connectivity index (χ3n) is 2.59. The second-order valence-electron chi connectivity index (χ2n) is 4.00. The van der Waals surface area contributed by atoms with E-state index in [0.29, 0.717) is 12.2 Å². The number of rotatable bonds is 4. The van der Waals surface area contributed by atoms with Crippen molar-refractivity contribution in [1.29, 1.82) is 0 Å². The lowest BCUT2D eigenvalue weighted by Crippen LogP contribution is -2.27. The Morgan fingerprint density at radius 1 is 1.45 bits per heavy atom. The third-order valence-corrected chi connectivity index (χ3v) is 2.59. The molecule has 20 heavy (non-hydrogen) atoms. The van der Waals surface area contributed by atoms with E-state index >= 15 is 0 Å². The van der Waals surface area contributed by atoms with Crippen LogP contribution in [-0.2, 0) is 17.9 Å². The Kier molecular flexibility index (Phi) is 4.09. The Balaban J connectivity index is 2.14. The number of pyridine rings is 1. The number of nitrogens with two attached hydrogens (primary N) is 1. The molecule has 2 heterocycles. The smallest absolute Gasteiger partial charge is 0.359 e. The lowest BCUT2D eigenvalue weighted by Gasteiger charge is -2.07.